The van der Waals surface area contributed by atoms with E-state index in [2.05, 4.69) is 77.4 Å². The van der Waals surface area contributed by atoms with Crippen molar-refractivity contribution in [2.75, 3.05) is 10.6 Å². The topological polar surface area (TPSA) is 24.1 Å². The first kappa shape index (κ1) is 23.0. The zero-order valence-electron chi connectivity index (χ0n) is 21.2. The predicted molar refractivity (Wildman–Crippen MR) is 164 cm³/mol. The summed E-state index contributed by atoms with van der Waals surface area (Å²) in [5, 5.41) is 13.7. The Morgan fingerprint density at radius 3 is 1.46 bits per heavy atom. The van der Waals surface area contributed by atoms with Gasteiger partial charge in [-0.1, -0.05) is 103 Å². The lowest BCUT2D eigenvalue weighted by Crippen LogP contribution is -1.97. The van der Waals surface area contributed by atoms with Crippen LogP contribution in [0.5, 0.6) is 0 Å². The van der Waals surface area contributed by atoms with Crippen molar-refractivity contribution < 1.29 is 4.39 Å². The van der Waals surface area contributed by atoms with Crippen molar-refractivity contribution in [2.45, 2.75) is 0 Å². The number of nitrogens with one attached hydrogen (secondary N) is 2. The zero-order chi connectivity index (χ0) is 26.2. The van der Waals surface area contributed by atoms with Crippen LogP contribution in [-0.4, -0.2) is 0 Å². The van der Waals surface area contributed by atoms with Crippen LogP contribution in [0.25, 0.3) is 43.4 Å². The molecule has 0 aliphatic heterocycles. The van der Waals surface area contributed by atoms with E-state index in [-0.39, 0.29) is 5.82 Å². The summed E-state index contributed by atoms with van der Waals surface area (Å²) in [5.41, 5.74) is 5.26. The van der Waals surface area contributed by atoms with E-state index in [1.807, 2.05) is 66.7 Å². The minimum atomic E-state index is -0.284. The van der Waals surface area contributed by atoms with Crippen LogP contribution < -0.4 is 10.6 Å². The molecule has 0 unspecified atom stereocenters. The third-order valence-electron chi connectivity index (χ3n) is 7.28. The molecule has 0 atom stereocenters. The van der Waals surface area contributed by atoms with Crippen molar-refractivity contribution >= 4 is 55.1 Å². The van der Waals surface area contributed by atoms with Gasteiger partial charge in [0.2, 0.25) is 0 Å². The highest BCUT2D eigenvalue weighted by Gasteiger charge is 2.14. The number of anilines is 4. The molecule has 0 spiro atoms. The minimum Gasteiger partial charge on any atom is -0.355 e. The van der Waals surface area contributed by atoms with Gasteiger partial charge in [0.15, 0.2) is 0 Å². The maximum Gasteiger partial charge on any atom is 0.147 e. The summed E-state index contributed by atoms with van der Waals surface area (Å²) in [5.74, 6) is -0.284. The van der Waals surface area contributed by atoms with Crippen LogP contribution in [0.4, 0.5) is 27.1 Å². The Hall–Kier alpha value is -5.15. The summed E-state index contributed by atoms with van der Waals surface area (Å²) >= 11 is 0. The zero-order valence-corrected chi connectivity index (χ0v) is 21.2. The minimum absolute atomic E-state index is 0.284. The van der Waals surface area contributed by atoms with Crippen LogP contribution in [0.2, 0.25) is 0 Å². The standard InChI is InChI=1S/C36H25FN2/c37-33-21-25(24-11-3-1-4-12-24)19-20-34(33)39-36-23-32-27-15-7-9-17-29(27)35(38-26-13-5-2-6-14-26)22-31(32)28-16-8-10-18-30(28)36/h1-23,38-39H. The number of halogens is 1. The van der Waals surface area contributed by atoms with Crippen molar-refractivity contribution in [1.29, 1.82) is 0 Å². The van der Waals surface area contributed by atoms with Crippen LogP contribution in [0.3, 0.4) is 0 Å². The summed E-state index contributed by atoms with van der Waals surface area (Å²) in [4.78, 5) is 0. The van der Waals surface area contributed by atoms with Gasteiger partial charge in [0, 0.05) is 27.8 Å². The normalized spacial score (nSPS) is 11.2. The van der Waals surface area contributed by atoms with Gasteiger partial charge in [0.05, 0.1) is 5.69 Å². The molecule has 0 aromatic heterocycles. The molecule has 0 saturated heterocycles. The fourth-order valence-electron chi connectivity index (χ4n) is 5.41. The highest BCUT2D eigenvalue weighted by atomic mass is 19.1. The molecule has 3 heteroatoms. The molecule has 0 amide bonds. The molecule has 0 saturated carbocycles. The number of rotatable bonds is 5. The van der Waals surface area contributed by atoms with E-state index in [0.717, 1.165) is 60.5 Å². The lowest BCUT2D eigenvalue weighted by molar-refractivity contribution is 0.632. The van der Waals surface area contributed by atoms with Gasteiger partial charge in [-0.3, -0.25) is 0 Å². The number of para-hydroxylation sites is 1. The number of benzene rings is 7. The maximum atomic E-state index is 15.4. The van der Waals surface area contributed by atoms with Gasteiger partial charge in [-0.25, -0.2) is 4.39 Å². The molecule has 0 heterocycles. The van der Waals surface area contributed by atoms with E-state index < -0.39 is 0 Å². The van der Waals surface area contributed by atoms with Gasteiger partial charge in [-0.15, -0.1) is 0 Å². The van der Waals surface area contributed by atoms with Gasteiger partial charge in [-0.05, 0) is 69.1 Å². The van der Waals surface area contributed by atoms with Crippen molar-refractivity contribution in [3.8, 4) is 11.1 Å². The summed E-state index contributed by atoms with van der Waals surface area (Å²) in [6.45, 7) is 0. The number of hydrogen-bond acceptors (Lipinski definition) is 2. The molecule has 7 rings (SSSR count). The molecule has 186 valence electrons. The predicted octanol–water partition coefficient (Wildman–Crippen LogP) is 10.4. The average molecular weight is 505 g/mol. The summed E-state index contributed by atoms with van der Waals surface area (Å²) in [7, 11) is 0. The van der Waals surface area contributed by atoms with Crippen LogP contribution in [0, 0.1) is 5.82 Å². The number of fused-ring (bicyclic) bond motifs is 5. The van der Waals surface area contributed by atoms with Crippen LogP contribution in [0.1, 0.15) is 0 Å². The fraction of sp³-hybridized carbons (Fsp3) is 0. The van der Waals surface area contributed by atoms with Gasteiger partial charge in [0.25, 0.3) is 0 Å². The fourth-order valence-corrected chi connectivity index (χ4v) is 5.41. The van der Waals surface area contributed by atoms with Crippen LogP contribution in [-0.2, 0) is 0 Å². The van der Waals surface area contributed by atoms with Crippen molar-refractivity contribution in [2.24, 2.45) is 0 Å². The molecule has 0 bridgehead atoms. The third kappa shape index (κ3) is 4.24. The van der Waals surface area contributed by atoms with Gasteiger partial charge in [-0.2, -0.15) is 0 Å². The largest absolute Gasteiger partial charge is 0.355 e. The Morgan fingerprint density at radius 2 is 0.872 bits per heavy atom. The van der Waals surface area contributed by atoms with E-state index in [4.69, 9.17) is 0 Å². The molecule has 2 N–H and O–H groups in total. The Labute approximate surface area is 226 Å². The molecule has 0 fully saturated rings. The summed E-state index contributed by atoms with van der Waals surface area (Å²) < 4.78 is 15.4. The molecule has 7 aromatic rings. The van der Waals surface area contributed by atoms with E-state index in [0.29, 0.717) is 5.69 Å². The monoisotopic (exact) mass is 504 g/mol. The summed E-state index contributed by atoms with van der Waals surface area (Å²) in [6.07, 6.45) is 0. The van der Waals surface area contributed by atoms with Crippen molar-refractivity contribution in [1.82, 2.24) is 0 Å². The van der Waals surface area contributed by atoms with Gasteiger partial charge in [0.1, 0.15) is 5.82 Å². The van der Waals surface area contributed by atoms with E-state index in [1.54, 1.807) is 6.07 Å². The smallest absolute Gasteiger partial charge is 0.147 e. The maximum absolute atomic E-state index is 15.4. The van der Waals surface area contributed by atoms with Gasteiger partial charge >= 0.3 is 0 Å². The molecular weight excluding hydrogens is 479 g/mol. The van der Waals surface area contributed by atoms with E-state index in [1.165, 1.54) is 0 Å². The average Bonchev–Trinajstić information content (AvgIpc) is 2.99. The first-order chi connectivity index (χ1) is 19.2. The van der Waals surface area contributed by atoms with Crippen LogP contribution >= 0.6 is 0 Å². The Morgan fingerprint density at radius 1 is 0.359 bits per heavy atom. The van der Waals surface area contributed by atoms with Crippen molar-refractivity contribution in [3.05, 3.63) is 145 Å². The SMILES string of the molecule is Fc1cc(-c2ccccc2)ccc1Nc1cc2c3ccccc3c(Nc3ccccc3)cc2c2ccccc12. The quantitative estimate of drug-likeness (QED) is 0.228. The lowest BCUT2D eigenvalue weighted by atomic mass is 9.94. The molecule has 0 aliphatic rings. The van der Waals surface area contributed by atoms with Gasteiger partial charge < -0.3 is 10.6 Å². The molecule has 0 aliphatic carbocycles. The second-order valence-corrected chi connectivity index (χ2v) is 9.71. The highest BCUT2D eigenvalue weighted by molar-refractivity contribution is 6.23. The Bertz CT molecular complexity index is 1960. The Kier molecular flexibility index (Phi) is 5.68. The molecule has 0 radical (unpaired) electrons. The second-order valence-electron chi connectivity index (χ2n) is 9.71. The Balaban J connectivity index is 1.39. The van der Waals surface area contributed by atoms with Crippen LogP contribution in [0.15, 0.2) is 140 Å². The van der Waals surface area contributed by atoms with Crippen molar-refractivity contribution in [3.63, 3.8) is 0 Å². The molecule has 2 nitrogen and oxygen atoms in total. The third-order valence-corrected chi connectivity index (χ3v) is 7.28. The lowest BCUT2D eigenvalue weighted by Gasteiger charge is -2.17. The second kappa shape index (κ2) is 9.62. The number of hydrogen-bond donors (Lipinski definition) is 2. The molecule has 7 aromatic carbocycles. The van der Waals surface area contributed by atoms with E-state index in [9.17, 15) is 0 Å². The summed E-state index contributed by atoms with van der Waals surface area (Å²) in [6, 6.07) is 46.6. The molecule has 39 heavy (non-hydrogen) atoms. The highest BCUT2D eigenvalue weighted by Crippen LogP contribution is 2.41. The van der Waals surface area contributed by atoms with E-state index >= 15 is 4.39 Å². The first-order valence-corrected chi connectivity index (χ1v) is 13.1. The first-order valence-electron chi connectivity index (χ1n) is 13.1. The molecular formula is C36H25FN2.